The van der Waals surface area contributed by atoms with E-state index in [-0.39, 0.29) is 11.6 Å². The van der Waals surface area contributed by atoms with Crippen LogP contribution < -0.4 is 0 Å². The van der Waals surface area contributed by atoms with Gasteiger partial charge in [0, 0.05) is 12.1 Å². The van der Waals surface area contributed by atoms with Crippen molar-refractivity contribution >= 4 is 45.6 Å². The molecule has 1 aromatic heterocycles. The zero-order valence-corrected chi connectivity index (χ0v) is 14.9. The normalized spacial score (nSPS) is 16.7. The molecular weight excluding hydrogens is 360 g/mol. The minimum absolute atomic E-state index is 0.0240. The number of nitro benzene ring substituents is 1. The molecule has 3 rings (SSSR count). The van der Waals surface area contributed by atoms with Crippen molar-refractivity contribution in [3.05, 3.63) is 62.3 Å². The third-order valence-corrected chi connectivity index (χ3v) is 5.44. The van der Waals surface area contributed by atoms with E-state index < -0.39 is 4.92 Å². The highest BCUT2D eigenvalue weighted by molar-refractivity contribution is 8.15. The molecule has 0 radical (unpaired) electrons. The molecule has 0 bridgehead atoms. The molecule has 1 aliphatic heterocycles. The van der Waals surface area contributed by atoms with Crippen molar-refractivity contribution in [3.8, 4) is 0 Å². The second-order valence-electron chi connectivity index (χ2n) is 5.24. The lowest BCUT2D eigenvalue weighted by Crippen LogP contribution is -2.28. The van der Waals surface area contributed by atoms with Gasteiger partial charge in [0.05, 0.1) is 27.8 Å². The molecule has 0 aliphatic carbocycles. The number of carbonyl (C=O) groups is 1. The summed E-state index contributed by atoms with van der Waals surface area (Å²) >= 11 is 2.92. The fourth-order valence-electron chi connectivity index (χ4n) is 2.18. The quantitative estimate of drug-likeness (QED) is 0.455. The molecule has 1 saturated heterocycles. The van der Waals surface area contributed by atoms with Crippen molar-refractivity contribution in [2.24, 2.45) is 10.2 Å². The van der Waals surface area contributed by atoms with Gasteiger partial charge in [-0.25, -0.2) is 0 Å². The van der Waals surface area contributed by atoms with Crippen molar-refractivity contribution in [1.29, 1.82) is 0 Å². The van der Waals surface area contributed by atoms with Crippen LogP contribution in [0.1, 0.15) is 17.4 Å². The Morgan fingerprint density at radius 1 is 1.32 bits per heavy atom. The zero-order valence-electron chi connectivity index (χ0n) is 13.3. The van der Waals surface area contributed by atoms with Crippen molar-refractivity contribution in [2.45, 2.75) is 13.5 Å². The van der Waals surface area contributed by atoms with Gasteiger partial charge in [0.15, 0.2) is 5.17 Å². The molecule has 0 N–H and O–H groups in total. The van der Waals surface area contributed by atoms with Crippen LogP contribution in [0.5, 0.6) is 0 Å². The molecule has 1 fully saturated rings. The maximum Gasteiger partial charge on any atom is 0.269 e. The summed E-state index contributed by atoms with van der Waals surface area (Å²) in [4.78, 5) is 25.0. The van der Waals surface area contributed by atoms with E-state index in [1.165, 1.54) is 23.9 Å². The molecule has 25 heavy (non-hydrogen) atoms. The molecule has 7 nitrogen and oxygen atoms in total. The van der Waals surface area contributed by atoms with Crippen molar-refractivity contribution in [2.75, 3.05) is 5.75 Å². The summed E-state index contributed by atoms with van der Waals surface area (Å²) in [6.07, 6.45) is 0. The number of hydrogen-bond donors (Lipinski definition) is 0. The fourth-order valence-corrected chi connectivity index (χ4v) is 3.69. The predicted molar refractivity (Wildman–Crippen MR) is 100 cm³/mol. The smallest absolute Gasteiger partial charge is 0.269 e. The molecule has 1 aromatic carbocycles. The molecule has 1 aliphatic rings. The van der Waals surface area contributed by atoms with Gasteiger partial charge < -0.3 is 0 Å². The summed E-state index contributed by atoms with van der Waals surface area (Å²) in [6, 6.07) is 10.1. The molecule has 2 aromatic rings. The molecule has 0 spiro atoms. The highest BCUT2D eigenvalue weighted by atomic mass is 32.2. The third kappa shape index (κ3) is 4.12. The first-order valence-corrected chi connectivity index (χ1v) is 9.24. The summed E-state index contributed by atoms with van der Waals surface area (Å²) in [6.45, 7) is 2.19. The Hall–Kier alpha value is -2.52. The highest BCUT2D eigenvalue weighted by Crippen LogP contribution is 2.23. The number of non-ortho nitro benzene ring substituents is 1. The first-order chi connectivity index (χ1) is 12.0. The van der Waals surface area contributed by atoms with E-state index in [2.05, 4.69) is 10.2 Å². The molecule has 9 heteroatoms. The first kappa shape index (κ1) is 17.3. The Balaban J connectivity index is 1.76. The Morgan fingerprint density at radius 2 is 2.08 bits per heavy atom. The van der Waals surface area contributed by atoms with Crippen LogP contribution in [0.3, 0.4) is 0 Å². The summed E-state index contributed by atoms with van der Waals surface area (Å²) in [7, 11) is 0. The van der Waals surface area contributed by atoms with Crippen molar-refractivity contribution < 1.29 is 9.72 Å². The lowest BCUT2D eigenvalue weighted by Gasteiger charge is -2.15. The third-order valence-electron chi connectivity index (χ3n) is 3.51. The van der Waals surface area contributed by atoms with Gasteiger partial charge in [-0.2, -0.15) is 5.10 Å². The maximum atomic E-state index is 12.1. The molecule has 0 unspecified atom stereocenters. The van der Waals surface area contributed by atoms with Crippen LogP contribution in [0.25, 0.3) is 0 Å². The van der Waals surface area contributed by atoms with Crippen LogP contribution in [0.4, 0.5) is 5.69 Å². The van der Waals surface area contributed by atoms with E-state index >= 15 is 0 Å². The van der Waals surface area contributed by atoms with E-state index in [1.807, 2.05) is 24.4 Å². The molecular formula is C16H14N4O3S2. The van der Waals surface area contributed by atoms with Gasteiger partial charge in [0.1, 0.15) is 0 Å². The molecule has 0 atom stereocenters. The number of hydrogen-bond acceptors (Lipinski definition) is 7. The van der Waals surface area contributed by atoms with E-state index in [9.17, 15) is 14.9 Å². The maximum absolute atomic E-state index is 12.1. The van der Waals surface area contributed by atoms with Gasteiger partial charge in [0.2, 0.25) is 5.91 Å². The van der Waals surface area contributed by atoms with Crippen molar-refractivity contribution in [1.82, 2.24) is 4.90 Å². The number of thioether (sulfide) groups is 1. The van der Waals surface area contributed by atoms with Crippen LogP contribution in [0.15, 0.2) is 52.0 Å². The summed E-state index contributed by atoms with van der Waals surface area (Å²) in [5, 5.41) is 21.7. The number of nitrogens with zero attached hydrogens (tertiary/aromatic N) is 4. The molecule has 1 amide bonds. The number of nitro groups is 1. The first-order valence-electron chi connectivity index (χ1n) is 7.37. The second-order valence-corrected chi connectivity index (χ2v) is 7.13. The summed E-state index contributed by atoms with van der Waals surface area (Å²) < 4.78 is 0. The number of amides is 1. The fraction of sp³-hybridized carbons (Fsp3) is 0.188. The van der Waals surface area contributed by atoms with E-state index in [0.29, 0.717) is 17.5 Å². The second kappa shape index (κ2) is 7.58. The van der Waals surface area contributed by atoms with E-state index in [1.54, 1.807) is 28.4 Å². The Labute approximate surface area is 152 Å². The van der Waals surface area contributed by atoms with Crippen LogP contribution in [0.2, 0.25) is 0 Å². The molecule has 0 saturated carbocycles. The van der Waals surface area contributed by atoms with Gasteiger partial charge in [-0.3, -0.25) is 19.8 Å². The Kier molecular flexibility index (Phi) is 5.25. The topological polar surface area (TPSA) is 88.2 Å². The van der Waals surface area contributed by atoms with Gasteiger partial charge in [0.25, 0.3) is 5.69 Å². The van der Waals surface area contributed by atoms with Crippen LogP contribution in [-0.4, -0.2) is 32.4 Å². The zero-order chi connectivity index (χ0) is 17.8. The van der Waals surface area contributed by atoms with Crippen molar-refractivity contribution in [3.63, 3.8) is 0 Å². The average Bonchev–Trinajstić information content (AvgIpc) is 3.25. The van der Waals surface area contributed by atoms with Crippen LogP contribution in [-0.2, 0) is 11.3 Å². The van der Waals surface area contributed by atoms with Crippen LogP contribution >= 0.6 is 23.1 Å². The summed E-state index contributed by atoms with van der Waals surface area (Å²) in [5.41, 5.74) is 1.61. The SMILES string of the molecule is C/C(=N\N=C1/SCC(=O)N1Cc1ccc([N+](=O)[O-])cc1)c1cccs1. The largest absolute Gasteiger partial charge is 0.285 e. The lowest BCUT2D eigenvalue weighted by atomic mass is 10.2. The Bertz CT molecular complexity index is 845. The predicted octanol–water partition coefficient (Wildman–Crippen LogP) is 3.51. The molecule has 128 valence electrons. The van der Waals surface area contributed by atoms with Gasteiger partial charge >= 0.3 is 0 Å². The number of benzene rings is 1. The van der Waals surface area contributed by atoms with E-state index in [4.69, 9.17) is 0 Å². The monoisotopic (exact) mass is 374 g/mol. The number of amidine groups is 1. The van der Waals surface area contributed by atoms with Gasteiger partial charge in [-0.05, 0) is 23.9 Å². The van der Waals surface area contributed by atoms with E-state index in [0.717, 1.165) is 16.2 Å². The number of thiophene rings is 1. The molecule has 2 heterocycles. The van der Waals surface area contributed by atoms with Gasteiger partial charge in [-0.1, -0.05) is 30.0 Å². The average molecular weight is 374 g/mol. The summed E-state index contributed by atoms with van der Waals surface area (Å²) in [5.74, 6) is 0.269. The minimum Gasteiger partial charge on any atom is -0.285 e. The highest BCUT2D eigenvalue weighted by Gasteiger charge is 2.28. The number of carbonyl (C=O) groups excluding carboxylic acids is 1. The Morgan fingerprint density at radius 3 is 2.72 bits per heavy atom. The van der Waals surface area contributed by atoms with Gasteiger partial charge in [-0.15, -0.1) is 16.4 Å². The van der Waals surface area contributed by atoms with Crippen LogP contribution in [0, 0.1) is 10.1 Å². The lowest BCUT2D eigenvalue weighted by molar-refractivity contribution is -0.384. The minimum atomic E-state index is -0.449. The standard InChI is InChI=1S/C16H14N4O3S2/c1-11(14-3-2-8-24-14)17-18-16-19(15(21)10-25-16)9-12-4-6-13(7-5-12)20(22)23/h2-8H,9-10H2,1H3/b17-11+,18-16-. The number of rotatable bonds is 5.